The molecule has 2 atom stereocenters. The molecule has 8 heteroatoms. The molecule has 34 heavy (non-hydrogen) atoms. The second-order valence-corrected chi connectivity index (χ2v) is 10.4. The molecule has 0 amide bonds. The van der Waals surface area contributed by atoms with Gasteiger partial charge < -0.3 is 9.64 Å². The Morgan fingerprint density at radius 1 is 1.21 bits per heavy atom. The van der Waals surface area contributed by atoms with Crippen molar-refractivity contribution in [3.63, 3.8) is 0 Å². The summed E-state index contributed by atoms with van der Waals surface area (Å²) in [5.74, 6) is 1.17. The van der Waals surface area contributed by atoms with Crippen LogP contribution < -0.4 is 4.90 Å². The van der Waals surface area contributed by atoms with Gasteiger partial charge in [-0.15, -0.1) is 0 Å². The van der Waals surface area contributed by atoms with Gasteiger partial charge in [-0.05, 0) is 83.1 Å². The summed E-state index contributed by atoms with van der Waals surface area (Å²) in [7, 11) is 0. The second kappa shape index (κ2) is 8.39. The maximum Gasteiger partial charge on any atom is 0.309 e. The molecule has 1 aliphatic heterocycles. The molecule has 1 saturated heterocycles. The fourth-order valence-corrected chi connectivity index (χ4v) is 4.88. The molecule has 0 bridgehead atoms. The highest BCUT2D eigenvalue weighted by Crippen LogP contribution is 2.46. The molecule has 0 unspecified atom stereocenters. The lowest BCUT2D eigenvalue weighted by Crippen LogP contribution is -2.44. The van der Waals surface area contributed by atoms with Crippen LogP contribution in [0.2, 0.25) is 0 Å². The molecular weight excluding hydrogens is 428 g/mol. The van der Waals surface area contributed by atoms with E-state index in [1.807, 2.05) is 25.3 Å². The van der Waals surface area contributed by atoms with E-state index in [1.165, 1.54) is 5.56 Å². The van der Waals surface area contributed by atoms with Gasteiger partial charge in [0.15, 0.2) is 5.82 Å². The summed E-state index contributed by atoms with van der Waals surface area (Å²) in [4.78, 5) is 24.2. The number of piperidine rings is 1. The molecule has 2 fully saturated rings. The number of anilines is 1. The fourth-order valence-electron chi connectivity index (χ4n) is 4.88. The predicted molar refractivity (Wildman–Crippen MR) is 128 cm³/mol. The minimum Gasteiger partial charge on any atom is -0.460 e. The summed E-state index contributed by atoms with van der Waals surface area (Å²) in [6, 6.07) is 8.00. The van der Waals surface area contributed by atoms with Crippen molar-refractivity contribution in [3.05, 3.63) is 41.9 Å². The maximum atomic E-state index is 12.7. The van der Waals surface area contributed by atoms with Crippen LogP contribution in [-0.2, 0) is 9.53 Å². The quantitative estimate of drug-likeness (QED) is 0.532. The van der Waals surface area contributed by atoms with Crippen LogP contribution in [0.1, 0.15) is 70.4 Å². The largest absolute Gasteiger partial charge is 0.460 e. The maximum absolute atomic E-state index is 12.7. The van der Waals surface area contributed by atoms with Gasteiger partial charge in [0.25, 0.3) is 0 Å². The van der Waals surface area contributed by atoms with Crippen LogP contribution >= 0.6 is 0 Å². The number of esters is 1. The van der Waals surface area contributed by atoms with Gasteiger partial charge in [0, 0.05) is 18.8 Å². The Hall–Kier alpha value is -3.47. The molecule has 176 valence electrons. The number of aromatic nitrogens is 4. The molecule has 4 heterocycles. The molecule has 0 spiro atoms. The van der Waals surface area contributed by atoms with Crippen LogP contribution in [-0.4, -0.2) is 43.7 Å². The molecule has 8 nitrogen and oxygen atoms in total. The molecule has 0 radical (unpaired) electrons. The third kappa shape index (κ3) is 4.23. The molecule has 0 aromatic carbocycles. The van der Waals surface area contributed by atoms with E-state index in [1.54, 1.807) is 24.7 Å². The van der Waals surface area contributed by atoms with E-state index in [0.29, 0.717) is 11.5 Å². The summed E-state index contributed by atoms with van der Waals surface area (Å²) in [6.45, 7) is 8.60. The number of fused-ring (bicyclic) bond motifs is 1. The van der Waals surface area contributed by atoms with E-state index in [9.17, 15) is 10.1 Å². The summed E-state index contributed by atoms with van der Waals surface area (Å²) in [5, 5.41) is 13.9. The Bertz CT molecular complexity index is 1280. The van der Waals surface area contributed by atoms with Gasteiger partial charge >= 0.3 is 5.97 Å². The third-order valence-electron chi connectivity index (χ3n) is 6.62. The number of nitriles is 1. The highest BCUT2D eigenvalue weighted by Gasteiger charge is 2.36. The molecule has 3 aromatic rings. The van der Waals surface area contributed by atoms with Gasteiger partial charge in [0.05, 0.1) is 28.9 Å². The van der Waals surface area contributed by atoms with Crippen LogP contribution in [0.25, 0.3) is 16.9 Å². The molecule has 1 saturated carbocycles. The van der Waals surface area contributed by atoms with Gasteiger partial charge in [-0.3, -0.25) is 9.78 Å². The normalized spacial score (nSPS) is 20.9. The molecular formula is C26H30N6O2. The van der Waals surface area contributed by atoms with Gasteiger partial charge in [0.1, 0.15) is 17.4 Å². The van der Waals surface area contributed by atoms with Crippen LogP contribution in [0, 0.1) is 17.2 Å². The topological polar surface area (TPSA) is 96.4 Å². The van der Waals surface area contributed by atoms with Gasteiger partial charge in [-0.2, -0.15) is 10.4 Å². The average molecular weight is 459 g/mol. The van der Waals surface area contributed by atoms with Crippen LogP contribution in [0.4, 0.5) is 5.82 Å². The number of carbonyl (C=O) groups excluding carboxylic acids is 1. The number of hydrogen-bond donors (Lipinski definition) is 0. The number of ether oxygens (including phenoxy) is 1. The number of pyridine rings is 1. The van der Waals surface area contributed by atoms with E-state index in [4.69, 9.17) is 9.72 Å². The summed E-state index contributed by atoms with van der Waals surface area (Å²) >= 11 is 0. The Labute approximate surface area is 199 Å². The first-order valence-corrected chi connectivity index (χ1v) is 12.0. The van der Waals surface area contributed by atoms with E-state index >= 15 is 0 Å². The van der Waals surface area contributed by atoms with Crippen LogP contribution in [0.5, 0.6) is 0 Å². The first-order chi connectivity index (χ1) is 16.2. The fraction of sp³-hybridized carbons (Fsp3) is 0.500. The number of hydrogen-bond acceptors (Lipinski definition) is 7. The minimum absolute atomic E-state index is 0.105. The average Bonchev–Trinajstić information content (AvgIpc) is 3.57. The van der Waals surface area contributed by atoms with E-state index in [2.05, 4.69) is 34.0 Å². The zero-order valence-electron chi connectivity index (χ0n) is 20.2. The lowest BCUT2D eigenvalue weighted by atomic mass is 9.91. The monoisotopic (exact) mass is 458 g/mol. The Morgan fingerprint density at radius 3 is 2.68 bits per heavy atom. The van der Waals surface area contributed by atoms with Crippen molar-refractivity contribution in [2.24, 2.45) is 5.92 Å². The third-order valence-corrected chi connectivity index (χ3v) is 6.62. The van der Waals surface area contributed by atoms with Gasteiger partial charge in [-0.1, -0.05) is 0 Å². The molecule has 3 aromatic heterocycles. The van der Waals surface area contributed by atoms with Crippen molar-refractivity contribution in [3.8, 4) is 17.5 Å². The Kier molecular flexibility index (Phi) is 5.51. The van der Waals surface area contributed by atoms with Crippen molar-refractivity contribution >= 4 is 17.3 Å². The lowest BCUT2D eigenvalue weighted by molar-refractivity contribution is -0.161. The SMILES string of the molecule is C[C@H]1C[C@@H](C(=O)OC(C)(C)C)CCN1c1ncnn2c(-c3cc(C#N)ccn3)cc(C3CC3)c12. The second-order valence-electron chi connectivity index (χ2n) is 10.4. The van der Waals surface area contributed by atoms with Crippen molar-refractivity contribution in [2.45, 2.75) is 70.9 Å². The molecule has 0 N–H and O–H groups in total. The first kappa shape index (κ1) is 22.3. The van der Waals surface area contributed by atoms with Crippen LogP contribution in [0.3, 0.4) is 0 Å². The number of nitrogens with zero attached hydrogens (tertiary/aromatic N) is 6. The first-order valence-electron chi connectivity index (χ1n) is 12.0. The van der Waals surface area contributed by atoms with Crippen LogP contribution in [0.15, 0.2) is 30.7 Å². The standard InChI is InChI=1S/C26H30N6O2/c1-16-11-19(25(33)34-26(2,3)4)8-10-31(16)24-23-20(18-5-6-18)13-22(32(23)30-15-29-24)21-12-17(14-27)7-9-28-21/h7,9,12-13,15-16,18-19H,5-6,8,10-11H2,1-4H3/t16-,19-/m0/s1. The summed E-state index contributed by atoms with van der Waals surface area (Å²) in [6.07, 6.45) is 7.00. The van der Waals surface area contributed by atoms with E-state index in [-0.39, 0.29) is 17.9 Å². The minimum atomic E-state index is -0.478. The van der Waals surface area contributed by atoms with E-state index in [0.717, 1.165) is 55.0 Å². The summed E-state index contributed by atoms with van der Waals surface area (Å²) in [5.41, 5.74) is 3.92. The smallest absolute Gasteiger partial charge is 0.309 e. The zero-order chi connectivity index (χ0) is 24.0. The Morgan fingerprint density at radius 2 is 2.00 bits per heavy atom. The van der Waals surface area contributed by atoms with Crippen molar-refractivity contribution in [1.82, 2.24) is 19.6 Å². The van der Waals surface area contributed by atoms with Gasteiger partial charge in [0.2, 0.25) is 0 Å². The van der Waals surface area contributed by atoms with Gasteiger partial charge in [-0.25, -0.2) is 9.50 Å². The molecule has 5 rings (SSSR count). The van der Waals surface area contributed by atoms with Crippen molar-refractivity contribution in [2.75, 3.05) is 11.4 Å². The van der Waals surface area contributed by atoms with E-state index < -0.39 is 5.60 Å². The summed E-state index contributed by atoms with van der Waals surface area (Å²) < 4.78 is 7.57. The lowest BCUT2D eigenvalue weighted by Gasteiger charge is -2.38. The highest BCUT2D eigenvalue weighted by molar-refractivity contribution is 5.81. The molecule has 2 aliphatic rings. The zero-order valence-corrected chi connectivity index (χ0v) is 20.2. The molecule has 1 aliphatic carbocycles. The highest BCUT2D eigenvalue weighted by atomic mass is 16.6. The Balaban J connectivity index is 1.51. The number of carbonyl (C=O) groups is 1. The van der Waals surface area contributed by atoms with Crippen molar-refractivity contribution < 1.29 is 9.53 Å². The van der Waals surface area contributed by atoms with Crippen molar-refractivity contribution in [1.29, 1.82) is 5.26 Å². The predicted octanol–water partition coefficient (Wildman–Crippen LogP) is 4.49. The number of rotatable bonds is 4.